The van der Waals surface area contributed by atoms with Crippen molar-refractivity contribution < 1.29 is 19.1 Å². The van der Waals surface area contributed by atoms with Crippen LogP contribution < -0.4 is 25.6 Å². The maximum Gasteiger partial charge on any atom is 0.261 e. The van der Waals surface area contributed by atoms with E-state index in [4.69, 9.17) is 44.9 Å². The quantitative estimate of drug-likeness (QED) is 0.295. The van der Waals surface area contributed by atoms with Crippen LogP contribution in [0.3, 0.4) is 0 Å². The molecule has 0 saturated carbocycles. The zero-order valence-corrected chi connectivity index (χ0v) is 19.4. The molecule has 2 aromatic carbocycles. The van der Waals surface area contributed by atoms with Crippen LogP contribution in [0.4, 0.5) is 0 Å². The topological polar surface area (TPSA) is 88.7 Å². The van der Waals surface area contributed by atoms with E-state index in [1.807, 2.05) is 13.8 Å². The molecule has 0 aliphatic rings. The van der Waals surface area contributed by atoms with E-state index in [2.05, 4.69) is 16.2 Å². The van der Waals surface area contributed by atoms with Gasteiger partial charge in [-0.15, -0.1) is 0 Å². The van der Waals surface area contributed by atoms with Crippen LogP contribution in [-0.4, -0.2) is 29.6 Å². The number of para-hydroxylation sites is 1. The molecule has 0 aliphatic carbocycles. The predicted molar refractivity (Wildman–Crippen MR) is 125 cm³/mol. The Kier molecular flexibility index (Phi) is 9.84. The highest BCUT2D eigenvalue weighted by Gasteiger charge is 2.14. The summed E-state index contributed by atoms with van der Waals surface area (Å²) >= 11 is 16.9. The SMILES string of the molecule is CC(C)Oc1ccccc1C(=O)NC(=S)NNC(=O)CCCOc1ccc(Cl)cc1Cl. The third-order valence-corrected chi connectivity index (χ3v) is 4.47. The number of ether oxygens (including phenoxy) is 2. The van der Waals surface area contributed by atoms with Crippen molar-refractivity contribution in [2.75, 3.05) is 6.61 Å². The molecule has 0 aromatic heterocycles. The van der Waals surface area contributed by atoms with E-state index in [1.165, 1.54) is 0 Å². The molecule has 0 saturated heterocycles. The molecule has 2 amide bonds. The van der Waals surface area contributed by atoms with E-state index in [9.17, 15) is 9.59 Å². The standard InChI is InChI=1S/C21H23Cl2N3O4S/c1-13(2)30-17-7-4-3-6-15(17)20(28)24-21(31)26-25-19(27)8-5-11-29-18-10-9-14(22)12-16(18)23/h3-4,6-7,9-10,12-13H,5,8,11H2,1-2H3,(H,25,27)(H2,24,26,28,31). The highest BCUT2D eigenvalue weighted by atomic mass is 35.5. The summed E-state index contributed by atoms with van der Waals surface area (Å²) in [5.41, 5.74) is 5.27. The van der Waals surface area contributed by atoms with Gasteiger partial charge in [0.15, 0.2) is 5.11 Å². The van der Waals surface area contributed by atoms with Crippen LogP contribution in [0.2, 0.25) is 10.0 Å². The molecule has 0 unspecified atom stereocenters. The Balaban J connectivity index is 1.71. The smallest absolute Gasteiger partial charge is 0.261 e. The molecular formula is C21H23Cl2N3O4S. The normalized spacial score (nSPS) is 10.4. The fourth-order valence-corrected chi connectivity index (χ4v) is 3.02. The van der Waals surface area contributed by atoms with E-state index in [-0.39, 0.29) is 23.5 Å². The Morgan fingerprint density at radius 2 is 1.81 bits per heavy atom. The summed E-state index contributed by atoms with van der Waals surface area (Å²) in [7, 11) is 0. The number of carbonyl (C=O) groups excluding carboxylic acids is 2. The summed E-state index contributed by atoms with van der Waals surface area (Å²) in [6.07, 6.45) is 0.545. The van der Waals surface area contributed by atoms with Crippen LogP contribution in [0.1, 0.15) is 37.0 Å². The lowest BCUT2D eigenvalue weighted by molar-refractivity contribution is -0.121. The van der Waals surface area contributed by atoms with Gasteiger partial charge in [-0.2, -0.15) is 0 Å². The fourth-order valence-electron chi connectivity index (χ4n) is 2.41. The van der Waals surface area contributed by atoms with Crippen molar-refractivity contribution in [3.05, 3.63) is 58.1 Å². The van der Waals surface area contributed by atoms with Gasteiger partial charge < -0.3 is 9.47 Å². The first-order valence-corrected chi connectivity index (χ1v) is 10.7. The second-order valence-corrected chi connectivity index (χ2v) is 7.90. The molecule has 0 fully saturated rings. The molecule has 2 aromatic rings. The maximum absolute atomic E-state index is 12.4. The minimum atomic E-state index is -0.448. The number of thiocarbonyl (C=S) groups is 1. The molecule has 7 nitrogen and oxygen atoms in total. The lowest BCUT2D eigenvalue weighted by Gasteiger charge is -2.15. The van der Waals surface area contributed by atoms with Gasteiger partial charge in [-0.3, -0.25) is 25.8 Å². The molecule has 0 radical (unpaired) electrons. The number of carbonyl (C=O) groups is 2. The van der Waals surface area contributed by atoms with Crippen LogP contribution in [-0.2, 0) is 4.79 Å². The van der Waals surface area contributed by atoms with Crippen LogP contribution in [0.25, 0.3) is 0 Å². The first-order valence-electron chi connectivity index (χ1n) is 9.50. The monoisotopic (exact) mass is 483 g/mol. The number of benzene rings is 2. The first kappa shape index (κ1) is 24.7. The van der Waals surface area contributed by atoms with E-state index in [1.54, 1.807) is 42.5 Å². The van der Waals surface area contributed by atoms with Gasteiger partial charge >= 0.3 is 0 Å². The molecule has 0 aliphatic heterocycles. The summed E-state index contributed by atoms with van der Waals surface area (Å²) in [5.74, 6) is 0.181. The zero-order chi connectivity index (χ0) is 22.8. The summed E-state index contributed by atoms with van der Waals surface area (Å²) in [6, 6.07) is 11.7. The predicted octanol–water partition coefficient (Wildman–Crippen LogP) is 4.28. The molecule has 2 rings (SSSR count). The maximum atomic E-state index is 12.4. The van der Waals surface area contributed by atoms with Crippen LogP contribution >= 0.6 is 35.4 Å². The van der Waals surface area contributed by atoms with Crippen molar-refractivity contribution in [2.24, 2.45) is 0 Å². The number of hydrogen-bond donors (Lipinski definition) is 3. The Hall–Kier alpha value is -2.55. The average Bonchev–Trinajstić information content (AvgIpc) is 2.71. The molecule has 0 atom stereocenters. The summed E-state index contributed by atoms with van der Waals surface area (Å²) < 4.78 is 11.1. The molecule has 10 heteroatoms. The number of rotatable bonds is 8. The van der Waals surface area contributed by atoms with E-state index in [0.29, 0.717) is 40.1 Å². The van der Waals surface area contributed by atoms with Crippen molar-refractivity contribution in [1.29, 1.82) is 0 Å². The van der Waals surface area contributed by atoms with E-state index < -0.39 is 5.91 Å². The highest BCUT2D eigenvalue weighted by molar-refractivity contribution is 7.80. The largest absolute Gasteiger partial charge is 0.492 e. The van der Waals surface area contributed by atoms with Gasteiger partial charge in [-0.25, -0.2) is 0 Å². The van der Waals surface area contributed by atoms with E-state index >= 15 is 0 Å². The van der Waals surface area contributed by atoms with Crippen LogP contribution in [0, 0.1) is 0 Å². The highest BCUT2D eigenvalue weighted by Crippen LogP contribution is 2.27. The molecule has 0 spiro atoms. The van der Waals surface area contributed by atoms with Gasteiger partial charge in [0.05, 0.1) is 23.3 Å². The average molecular weight is 484 g/mol. The lowest BCUT2D eigenvalue weighted by Crippen LogP contribution is -2.48. The Morgan fingerprint density at radius 3 is 2.52 bits per heavy atom. The Bertz CT molecular complexity index is 941. The summed E-state index contributed by atoms with van der Waals surface area (Å²) in [4.78, 5) is 24.4. The third kappa shape index (κ3) is 8.61. The molecule has 3 N–H and O–H groups in total. The second kappa shape index (κ2) is 12.3. The minimum absolute atomic E-state index is 0.0399. The lowest BCUT2D eigenvalue weighted by atomic mass is 10.2. The molecular weight excluding hydrogens is 461 g/mol. The van der Waals surface area contributed by atoms with Gasteiger partial charge in [-0.05, 0) is 62.8 Å². The summed E-state index contributed by atoms with van der Waals surface area (Å²) in [6.45, 7) is 4.03. The fraction of sp³-hybridized carbons (Fsp3) is 0.286. The van der Waals surface area contributed by atoms with Gasteiger partial charge in [0.2, 0.25) is 5.91 Å². The van der Waals surface area contributed by atoms with Crippen LogP contribution in [0.15, 0.2) is 42.5 Å². The number of hydrazine groups is 1. The zero-order valence-electron chi connectivity index (χ0n) is 17.0. The van der Waals surface area contributed by atoms with Gasteiger partial charge in [0, 0.05) is 11.4 Å². The van der Waals surface area contributed by atoms with Crippen LogP contribution in [0.5, 0.6) is 11.5 Å². The van der Waals surface area contributed by atoms with Gasteiger partial charge in [-0.1, -0.05) is 35.3 Å². The van der Waals surface area contributed by atoms with Crippen molar-refractivity contribution in [3.8, 4) is 11.5 Å². The Labute approximate surface area is 196 Å². The minimum Gasteiger partial charge on any atom is -0.492 e. The third-order valence-electron chi connectivity index (χ3n) is 3.74. The van der Waals surface area contributed by atoms with Crippen molar-refractivity contribution in [3.63, 3.8) is 0 Å². The van der Waals surface area contributed by atoms with Crippen molar-refractivity contribution in [2.45, 2.75) is 32.8 Å². The Morgan fingerprint density at radius 1 is 1.06 bits per heavy atom. The number of hydrogen-bond acceptors (Lipinski definition) is 5. The molecule has 0 bridgehead atoms. The van der Waals surface area contributed by atoms with Gasteiger partial charge in [0.1, 0.15) is 11.5 Å². The molecule has 166 valence electrons. The van der Waals surface area contributed by atoms with Gasteiger partial charge in [0.25, 0.3) is 5.91 Å². The number of halogens is 2. The second-order valence-electron chi connectivity index (χ2n) is 6.65. The molecule has 0 heterocycles. The van der Waals surface area contributed by atoms with E-state index in [0.717, 1.165) is 0 Å². The number of amides is 2. The van der Waals surface area contributed by atoms with Crippen molar-refractivity contribution in [1.82, 2.24) is 16.2 Å². The first-order chi connectivity index (χ1) is 14.8. The number of nitrogens with one attached hydrogen (secondary N) is 3. The van der Waals surface area contributed by atoms with Crippen molar-refractivity contribution >= 4 is 52.3 Å². The molecule has 31 heavy (non-hydrogen) atoms. The summed E-state index contributed by atoms with van der Waals surface area (Å²) in [5, 5.41) is 3.38.